The molecular weight excluding hydrogens is 206 g/mol. The zero-order chi connectivity index (χ0) is 9.73. The molecule has 0 bridgehead atoms. The zero-order valence-corrected chi connectivity index (χ0v) is 9.59. The molecule has 1 aliphatic carbocycles. The van der Waals surface area contributed by atoms with Crippen molar-refractivity contribution in [1.29, 1.82) is 0 Å². The SMILES string of the molecule is CS(=O)(=O)NCCSC1CCCC1. The summed E-state index contributed by atoms with van der Waals surface area (Å²) in [6, 6.07) is 0. The van der Waals surface area contributed by atoms with Gasteiger partial charge in [-0.25, -0.2) is 13.1 Å². The molecule has 13 heavy (non-hydrogen) atoms. The van der Waals surface area contributed by atoms with Gasteiger partial charge in [0.05, 0.1) is 6.26 Å². The summed E-state index contributed by atoms with van der Waals surface area (Å²) in [6.07, 6.45) is 6.51. The van der Waals surface area contributed by atoms with Crippen molar-refractivity contribution < 1.29 is 8.42 Å². The third-order valence-corrected chi connectivity index (χ3v) is 4.23. The van der Waals surface area contributed by atoms with Crippen molar-refractivity contribution in [2.75, 3.05) is 18.6 Å². The first kappa shape index (κ1) is 11.3. The maximum Gasteiger partial charge on any atom is 0.208 e. The fourth-order valence-electron chi connectivity index (χ4n) is 1.51. The highest BCUT2D eigenvalue weighted by atomic mass is 32.2. The van der Waals surface area contributed by atoms with Crippen LogP contribution in [-0.2, 0) is 10.0 Å². The molecule has 0 heterocycles. The third kappa shape index (κ3) is 5.54. The lowest BCUT2D eigenvalue weighted by molar-refractivity contribution is 0.590. The fourth-order valence-corrected chi connectivity index (χ4v) is 3.33. The van der Waals surface area contributed by atoms with Gasteiger partial charge in [0.1, 0.15) is 0 Å². The molecule has 1 aliphatic rings. The topological polar surface area (TPSA) is 46.2 Å². The molecule has 5 heteroatoms. The minimum atomic E-state index is -2.98. The lowest BCUT2D eigenvalue weighted by Gasteiger charge is -2.07. The van der Waals surface area contributed by atoms with Gasteiger partial charge in [-0.3, -0.25) is 0 Å². The second-order valence-corrected chi connectivity index (χ2v) is 6.69. The van der Waals surface area contributed by atoms with Crippen LogP contribution in [0.3, 0.4) is 0 Å². The van der Waals surface area contributed by atoms with Crippen molar-refractivity contribution in [1.82, 2.24) is 4.72 Å². The minimum absolute atomic E-state index is 0.569. The van der Waals surface area contributed by atoms with E-state index in [4.69, 9.17) is 0 Å². The van der Waals surface area contributed by atoms with Crippen LogP contribution in [0.5, 0.6) is 0 Å². The van der Waals surface area contributed by atoms with E-state index in [1.165, 1.54) is 31.9 Å². The molecule has 1 N–H and O–H groups in total. The molecule has 1 rings (SSSR count). The van der Waals surface area contributed by atoms with Gasteiger partial charge in [0.15, 0.2) is 0 Å². The molecule has 0 saturated heterocycles. The van der Waals surface area contributed by atoms with Crippen molar-refractivity contribution in [2.45, 2.75) is 30.9 Å². The number of rotatable bonds is 5. The van der Waals surface area contributed by atoms with Crippen molar-refractivity contribution in [3.05, 3.63) is 0 Å². The fraction of sp³-hybridized carbons (Fsp3) is 1.00. The van der Waals surface area contributed by atoms with Crippen LogP contribution in [0.2, 0.25) is 0 Å². The molecule has 0 aromatic rings. The number of hydrogen-bond donors (Lipinski definition) is 1. The number of nitrogens with one attached hydrogen (secondary N) is 1. The predicted molar refractivity (Wildman–Crippen MR) is 57.6 cm³/mol. The maximum absolute atomic E-state index is 10.7. The molecule has 0 amide bonds. The molecule has 0 aliphatic heterocycles. The summed E-state index contributed by atoms with van der Waals surface area (Å²) in [4.78, 5) is 0. The third-order valence-electron chi connectivity index (χ3n) is 2.12. The first-order chi connectivity index (χ1) is 6.08. The van der Waals surface area contributed by atoms with Gasteiger partial charge in [0, 0.05) is 17.5 Å². The summed E-state index contributed by atoms with van der Waals surface area (Å²) in [6.45, 7) is 0.569. The lowest BCUT2D eigenvalue weighted by Crippen LogP contribution is -2.24. The van der Waals surface area contributed by atoms with Crippen molar-refractivity contribution in [2.24, 2.45) is 0 Å². The molecule has 0 spiro atoms. The second-order valence-electron chi connectivity index (χ2n) is 3.44. The van der Waals surface area contributed by atoms with Crippen LogP contribution in [0.1, 0.15) is 25.7 Å². The Labute approximate surface area is 84.7 Å². The predicted octanol–water partition coefficient (Wildman–Crippen LogP) is 1.21. The van der Waals surface area contributed by atoms with Crippen LogP contribution in [0.4, 0.5) is 0 Å². The van der Waals surface area contributed by atoms with E-state index in [1.54, 1.807) is 0 Å². The highest BCUT2D eigenvalue weighted by molar-refractivity contribution is 8.00. The van der Waals surface area contributed by atoms with Crippen LogP contribution in [0.25, 0.3) is 0 Å². The summed E-state index contributed by atoms with van der Waals surface area (Å²) in [5.74, 6) is 0.901. The second kappa shape index (κ2) is 5.22. The standard InChI is InChI=1S/C8H17NO2S2/c1-13(10,11)9-6-7-12-8-4-2-3-5-8/h8-9H,2-7H2,1H3. The summed E-state index contributed by atoms with van der Waals surface area (Å²) >= 11 is 1.90. The number of hydrogen-bond acceptors (Lipinski definition) is 3. The van der Waals surface area contributed by atoms with Gasteiger partial charge in [0.25, 0.3) is 0 Å². The van der Waals surface area contributed by atoms with Gasteiger partial charge < -0.3 is 0 Å². The molecule has 0 aromatic carbocycles. The Kier molecular flexibility index (Phi) is 4.55. The van der Waals surface area contributed by atoms with Gasteiger partial charge >= 0.3 is 0 Å². The molecular formula is C8H17NO2S2. The molecule has 1 fully saturated rings. The summed E-state index contributed by atoms with van der Waals surface area (Å²) in [5, 5.41) is 0.779. The Balaban J connectivity index is 2.01. The lowest BCUT2D eigenvalue weighted by atomic mass is 10.4. The quantitative estimate of drug-likeness (QED) is 0.713. The molecule has 0 atom stereocenters. The molecule has 0 unspecified atom stereocenters. The van der Waals surface area contributed by atoms with Crippen molar-refractivity contribution in [3.63, 3.8) is 0 Å². The Bertz CT molecular complexity index is 233. The van der Waals surface area contributed by atoms with Gasteiger partial charge in [-0.1, -0.05) is 12.8 Å². The van der Waals surface area contributed by atoms with Crippen LogP contribution in [-0.4, -0.2) is 32.2 Å². The van der Waals surface area contributed by atoms with E-state index in [9.17, 15) is 8.42 Å². The first-order valence-electron chi connectivity index (χ1n) is 4.64. The highest BCUT2D eigenvalue weighted by Crippen LogP contribution is 2.28. The van der Waals surface area contributed by atoms with Gasteiger partial charge in [-0.2, -0.15) is 11.8 Å². The van der Waals surface area contributed by atoms with E-state index >= 15 is 0 Å². The highest BCUT2D eigenvalue weighted by Gasteiger charge is 2.14. The van der Waals surface area contributed by atoms with Crippen molar-refractivity contribution in [3.8, 4) is 0 Å². The maximum atomic E-state index is 10.7. The molecule has 78 valence electrons. The first-order valence-corrected chi connectivity index (χ1v) is 7.58. The van der Waals surface area contributed by atoms with Crippen LogP contribution < -0.4 is 4.72 Å². The van der Waals surface area contributed by atoms with E-state index in [0.717, 1.165) is 11.0 Å². The normalized spacial score (nSPS) is 19.5. The zero-order valence-electron chi connectivity index (χ0n) is 7.95. The average molecular weight is 223 g/mol. The monoisotopic (exact) mass is 223 g/mol. The van der Waals surface area contributed by atoms with Gasteiger partial charge in [-0.05, 0) is 12.8 Å². The van der Waals surface area contributed by atoms with Crippen LogP contribution in [0.15, 0.2) is 0 Å². The summed E-state index contributed by atoms with van der Waals surface area (Å²) < 4.78 is 23.9. The smallest absolute Gasteiger partial charge is 0.208 e. The molecule has 1 saturated carbocycles. The van der Waals surface area contributed by atoms with E-state index in [0.29, 0.717) is 6.54 Å². The molecule has 0 radical (unpaired) electrons. The Morgan fingerprint density at radius 2 is 2.00 bits per heavy atom. The van der Waals surface area contributed by atoms with E-state index < -0.39 is 10.0 Å². The molecule has 3 nitrogen and oxygen atoms in total. The van der Waals surface area contributed by atoms with Gasteiger partial charge in [-0.15, -0.1) is 0 Å². The van der Waals surface area contributed by atoms with Crippen LogP contribution in [0, 0.1) is 0 Å². The summed E-state index contributed by atoms with van der Waals surface area (Å²) in [5.41, 5.74) is 0. The van der Waals surface area contributed by atoms with Crippen molar-refractivity contribution >= 4 is 21.8 Å². The van der Waals surface area contributed by atoms with E-state index in [-0.39, 0.29) is 0 Å². The number of sulfonamides is 1. The largest absolute Gasteiger partial charge is 0.215 e. The Hall–Kier alpha value is 0.260. The Morgan fingerprint density at radius 1 is 1.38 bits per heavy atom. The van der Waals surface area contributed by atoms with Gasteiger partial charge in [0.2, 0.25) is 10.0 Å². The minimum Gasteiger partial charge on any atom is -0.215 e. The van der Waals surface area contributed by atoms with Crippen LogP contribution >= 0.6 is 11.8 Å². The van der Waals surface area contributed by atoms with E-state index in [1.807, 2.05) is 11.8 Å². The average Bonchev–Trinajstić information content (AvgIpc) is 2.48. The Morgan fingerprint density at radius 3 is 2.54 bits per heavy atom. The number of thioether (sulfide) groups is 1. The van der Waals surface area contributed by atoms with E-state index in [2.05, 4.69) is 4.72 Å². The summed E-state index contributed by atoms with van der Waals surface area (Å²) in [7, 11) is -2.98. The molecule has 0 aromatic heterocycles.